The molecule has 92 valence electrons. The number of benzene rings is 1. The molecule has 0 saturated heterocycles. The predicted molar refractivity (Wildman–Crippen MR) is 73.3 cm³/mol. The minimum atomic E-state index is -1.44. The zero-order valence-electron chi connectivity index (χ0n) is 10.9. The lowest BCUT2D eigenvalue weighted by molar-refractivity contribution is 0.0218. The maximum Gasteiger partial charge on any atom is 0.147 e. The summed E-state index contributed by atoms with van der Waals surface area (Å²) in [6.07, 6.45) is -1.14. The first-order chi connectivity index (χ1) is 7.94. The van der Waals surface area contributed by atoms with Crippen LogP contribution in [-0.4, -0.2) is 26.4 Å². The summed E-state index contributed by atoms with van der Waals surface area (Å²) in [6.45, 7) is 6.50. The number of aliphatic hydroxyl groups excluding tert-OH is 1. The van der Waals surface area contributed by atoms with Gasteiger partial charge in [-0.2, -0.15) is 0 Å². The second kappa shape index (κ2) is 6.01. The van der Waals surface area contributed by atoms with E-state index >= 15 is 0 Å². The summed E-state index contributed by atoms with van der Waals surface area (Å²) in [6, 6.07) is 9.49. The molecule has 0 fully saturated rings. The fourth-order valence-electron chi connectivity index (χ4n) is 1.38. The average Bonchev–Trinajstić information content (AvgIpc) is 2.29. The molecule has 17 heavy (non-hydrogen) atoms. The Morgan fingerprint density at radius 2 is 1.76 bits per heavy atom. The minimum absolute atomic E-state index is 0.455. The summed E-state index contributed by atoms with van der Waals surface area (Å²) in [5, 5.41) is 10.2. The van der Waals surface area contributed by atoms with Gasteiger partial charge in [0.15, 0.2) is 0 Å². The highest BCUT2D eigenvalue weighted by Crippen LogP contribution is 2.18. The summed E-state index contributed by atoms with van der Waals surface area (Å²) in [4.78, 5) is 0. The first-order valence-electron chi connectivity index (χ1n) is 5.72. The number of methoxy groups -OCH3 is 1. The maximum absolute atomic E-state index is 10.2. The van der Waals surface area contributed by atoms with Gasteiger partial charge in [0.05, 0.1) is 0 Å². The van der Waals surface area contributed by atoms with Gasteiger partial charge in [0.1, 0.15) is 20.3 Å². The Bertz CT molecular complexity index is 398. The van der Waals surface area contributed by atoms with E-state index in [4.69, 9.17) is 4.74 Å². The zero-order chi connectivity index (χ0) is 12.9. The lowest BCUT2D eigenvalue weighted by atomic mass is 10.1. The van der Waals surface area contributed by atoms with Crippen LogP contribution in [0, 0.1) is 11.5 Å². The molecule has 1 N–H and O–H groups in total. The van der Waals surface area contributed by atoms with Crippen LogP contribution >= 0.6 is 0 Å². The molecule has 0 saturated carbocycles. The van der Waals surface area contributed by atoms with Crippen LogP contribution in [0.2, 0.25) is 19.6 Å². The quantitative estimate of drug-likeness (QED) is 0.658. The van der Waals surface area contributed by atoms with Crippen molar-refractivity contribution in [3.63, 3.8) is 0 Å². The molecular formula is C14H20O2Si. The van der Waals surface area contributed by atoms with Crippen molar-refractivity contribution in [2.45, 2.75) is 31.8 Å². The molecule has 0 aliphatic carbocycles. The van der Waals surface area contributed by atoms with E-state index in [1.165, 1.54) is 0 Å². The molecule has 2 atom stereocenters. The Labute approximate surface area is 105 Å². The molecule has 3 heteroatoms. The number of hydrogen-bond acceptors (Lipinski definition) is 2. The van der Waals surface area contributed by atoms with Gasteiger partial charge in [-0.15, -0.1) is 5.54 Å². The largest absolute Gasteiger partial charge is 0.385 e. The van der Waals surface area contributed by atoms with Gasteiger partial charge < -0.3 is 9.84 Å². The first kappa shape index (κ1) is 14.0. The van der Waals surface area contributed by atoms with Crippen molar-refractivity contribution in [1.29, 1.82) is 0 Å². The van der Waals surface area contributed by atoms with Crippen LogP contribution in [0.15, 0.2) is 30.3 Å². The normalized spacial score (nSPS) is 14.6. The van der Waals surface area contributed by atoms with Crippen molar-refractivity contribution in [1.82, 2.24) is 0 Å². The van der Waals surface area contributed by atoms with Crippen molar-refractivity contribution in [3.05, 3.63) is 35.9 Å². The Morgan fingerprint density at radius 1 is 1.18 bits per heavy atom. The van der Waals surface area contributed by atoms with Crippen LogP contribution in [0.25, 0.3) is 0 Å². The molecule has 0 unspecified atom stereocenters. The first-order valence-corrected chi connectivity index (χ1v) is 9.22. The highest BCUT2D eigenvalue weighted by Gasteiger charge is 2.19. The molecule has 0 aliphatic rings. The summed E-state index contributed by atoms with van der Waals surface area (Å²) in [5.74, 6) is 3.05. The number of rotatable bonds is 3. The molecule has 0 radical (unpaired) electrons. The van der Waals surface area contributed by atoms with E-state index in [9.17, 15) is 5.11 Å². The average molecular weight is 248 g/mol. The molecule has 1 aromatic rings. The van der Waals surface area contributed by atoms with Crippen LogP contribution in [-0.2, 0) is 4.74 Å². The van der Waals surface area contributed by atoms with Crippen LogP contribution < -0.4 is 0 Å². The standard InChI is InChI=1S/C14H20O2Si/c1-16-13(10-11-17(2,3)4)14(15)12-8-6-5-7-9-12/h5-9,13-15H,1-4H3/t13-,14+/m1/s1. The van der Waals surface area contributed by atoms with E-state index in [0.29, 0.717) is 0 Å². The van der Waals surface area contributed by atoms with Gasteiger partial charge in [-0.1, -0.05) is 55.9 Å². The van der Waals surface area contributed by atoms with Crippen molar-refractivity contribution in [3.8, 4) is 11.5 Å². The van der Waals surface area contributed by atoms with E-state index in [2.05, 4.69) is 31.1 Å². The Balaban J connectivity index is 2.84. The van der Waals surface area contributed by atoms with Gasteiger partial charge >= 0.3 is 0 Å². The van der Waals surface area contributed by atoms with Crippen molar-refractivity contribution < 1.29 is 9.84 Å². The third kappa shape index (κ3) is 4.74. The van der Waals surface area contributed by atoms with Crippen molar-refractivity contribution in [2.24, 2.45) is 0 Å². The molecule has 0 aliphatic heterocycles. The highest BCUT2D eigenvalue weighted by molar-refractivity contribution is 6.83. The lowest BCUT2D eigenvalue weighted by Crippen LogP contribution is -2.22. The Morgan fingerprint density at radius 3 is 2.24 bits per heavy atom. The van der Waals surface area contributed by atoms with Gasteiger partial charge in [-0.25, -0.2) is 0 Å². The van der Waals surface area contributed by atoms with E-state index in [1.54, 1.807) is 7.11 Å². The van der Waals surface area contributed by atoms with E-state index in [1.807, 2.05) is 30.3 Å². The van der Waals surface area contributed by atoms with Crippen LogP contribution in [0.4, 0.5) is 0 Å². The maximum atomic E-state index is 10.2. The van der Waals surface area contributed by atoms with Gasteiger partial charge in [-0.3, -0.25) is 0 Å². The molecule has 1 aromatic carbocycles. The molecule has 2 nitrogen and oxygen atoms in total. The Hall–Kier alpha value is -1.08. The van der Waals surface area contributed by atoms with E-state index in [0.717, 1.165) is 5.56 Å². The monoisotopic (exact) mass is 248 g/mol. The lowest BCUT2D eigenvalue weighted by Gasteiger charge is -2.17. The zero-order valence-corrected chi connectivity index (χ0v) is 11.9. The molecule has 0 aromatic heterocycles. The van der Waals surface area contributed by atoms with Gasteiger partial charge in [0.25, 0.3) is 0 Å². The van der Waals surface area contributed by atoms with Crippen molar-refractivity contribution in [2.75, 3.05) is 7.11 Å². The fraction of sp³-hybridized carbons (Fsp3) is 0.429. The van der Waals surface area contributed by atoms with Gasteiger partial charge in [0, 0.05) is 7.11 Å². The SMILES string of the molecule is CO[C@H](C#C[Si](C)(C)C)[C@@H](O)c1ccccc1. The summed E-state index contributed by atoms with van der Waals surface area (Å²) in [5.41, 5.74) is 4.06. The molecule has 0 amide bonds. The highest BCUT2D eigenvalue weighted by atomic mass is 28.3. The Kier molecular flexibility index (Phi) is 4.95. The van der Waals surface area contributed by atoms with Gasteiger partial charge in [-0.05, 0) is 5.56 Å². The number of ether oxygens (including phenoxy) is 1. The smallest absolute Gasteiger partial charge is 0.147 e. The molecule has 0 spiro atoms. The second-order valence-corrected chi connectivity index (χ2v) is 9.78. The topological polar surface area (TPSA) is 29.5 Å². The van der Waals surface area contributed by atoms with E-state index in [-0.39, 0.29) is 0 Å². The predicted octanol–water partition coefficient (Wildman–Crippen LogP) is 2.62. The molecule has 1 rings (SSSR count). The van der Waals surface area contributed by atoms with Crippen LogP contribution in [0.5, 0.6) is 0 Å². The minimum Gasteiger partial charge on any atom is -0.385 e. The second-order valence-electron chi connectivity index (χ2n) is 5.03. The summed E-state index contributed by atoms with van der Waals surface area (Å²) < 4.78 is 5.26. The molecule has 0 bridgehead atoms. The van der Waals surface area contributed by atoms with Crippen molar-refractivity contribution >= 4 is 8.07 Å². The third-order valence-electron chi connectivity index (χ3n) is 2.27. The number of hydrogen-bond donors (Lipinski definition) is 1. The van der Waals surface area contributed by atoms with Crippen LogP contribution in [0.3, 0.4) is 0 Å². The summed E-state index contributed by atoms with van der Waals surface area (Å²) >= 11 is 0. The molecule has 0 heterocycles. The molecular weight excluding hydrogens is 228 g/mol. The van der Waals surface area contributed by atoms with E-state index < -0.39 is 20.3 Å². The third-order valence-corrected chi connectivity index (χ3v) is 3.17. The summed E-state index contributed by atoms with van der Waals surface area (Å²) in [7, 11) is 0.144. The van der Waals surface area contributed by atoms with Crippen LogP contribution in [0.1, 0.15) is 11.7 Å². The fourth-order valence-corrected chi connectivity index (χ4v) is 1.95. The van der Waals surface area contributed by atoms with Gasteiger partial charge in [0.2, 0.25) is 0 Å². The number of aliphatic hydroxyl groups is 1.